The summed E-state index contributed by atoms with van der Waals surface area (Å²) in [7, 11) is 4.64. The van der Waals surface area contributed by atoms with E-state index in [1.165, 1.54) is 6.92 Å². The fraction of sp³-hybridized carbons (Fsp3) is 0.579. The van der Waals surface area contributed by atoms with E-state index in [1.807, 2.05) is 4.90 Å². The number of ether oxygens (including phenoxy) is 3. The Morgan fingerprint density at radius 2 is 1.43 bits per heavy atom. The van der Waals surface area contributed by atoms with E-state index in [0.717, 1.165) is 32.7 Å². The SMILES string of the molecule is CCC(=O)[O-].CCN1CCN(C(=O)c2cc(OC)c(OC)c(OC)c2)CC1.Cl. The van der Waals surface area contributed by atoms with Crippen LogP contribution in [0.3, 0.4) is 0 Å². The lowest BCUT2D eigenvalue weighted by Crippen LogP contribution is -2.48. The van der Waals surface area contributed by atoms with Crippen LogP contribution in [0.25, 0.3) is 0 Å². The molecule has 1 amide bonds. The molecule has 1 aliphatic rings. The quantitative estimate of drug-likeness (QED) is 0.683. The van der Waals surface area contributed by atoms with Crippen molar-refractivity contribution in [3.8, 4) is 17.2 Å². The van der Waals surface area contributed by atoms with Gasteiger partial charge in [-0.3, -0.25) is 4.79 Å². The fourth-order valence-corrected chi connectivity index (χ4v) is 2.65. The Morgan fingerprint density at radius 1 is 0.964 bits per heavy atom. The number of amides is 1. The molecule has 0 aliphatic carbocycles. The van der Waals surface area contributed by atoms with Crippen molar-refractivity contribution in [1.82, 2.24) is 9.80 Å². The van der Waals surface area contributed by atoms with Gasteiger partial charge in [0.2, 0.25) is 5.75 Å². The van der Waals surface area contributed by atoms with Gasteiger partial charge in [0, 0.05) is 37.7 Å². The van der Waals surface area contributed by atoms with Gasteiger partial charge in [-0.25, -0.2) is 0 Å². The summed E-state index contributed by atoms with van der Waals surface area (Å²) in [5.41, 5.74) is 0.555. The summed E-state index contributed by atoms with van der Waals surface area (Å²) in [6.45, 7) is 7.99. The Balaban J connectivity index is 0.00000108. The molecule has 8 nitrogen and oxygen atoms in total. The lowest BCUT2D eigenvalue weighted by atomic mass is 10.1. The standard InChI is InChI=1S/C16H24N2O4.C3H6O2.ClH/c1-5-17-6-8-18(9-7-17)16(19)12-10-13(20-2)15(22-4)14(11-12)21-3;1-2-3(4)5;/h10-11H,5-9H2,1-4H3;2H2,1H3,(H,4,5);1H/p-1. The maximum absolute atomic E-state index is 12.7. The summed E-state index contributed by atoms with van der Waals surface area (Å²) in [4.78, 5) is 26.1. The van der Waals surface area contributed by atoms with Gasteiger partial charge in [-0.15, -0.1) is 12.4 Å². The summed E-state index contributed by atoms with van der Waals surface area (Å²) in [5.74, 6) is 0.493. The molecule has 1 fully saturated rings. The van der Waals surface area contributed by atoms with E-state index in [2.05, 4.69) is 11.8 Å². The number of piperazine rings is 1. The number of carbonyl (C=O) groups is 2. The van der Waals surface area contributed by atoms with Gasteiger partial charge in [-0.05, 0) is 25.1 Å². The molecule has 1 heterocycles. The van der Waals surface area contributed by atoms with Crippen LogP contribution in [0.4, 0.5) is 0 Å². The van der Waals surface area contributed by atoms with Gasteiger partial charge in [-0.2, -0.15) is 0 Å². The van der Waals surface area contributed by atoms with Crippen LogP contribution in [0.15, 0.2) is 12.1 Å². The van der Waals surface area contributed by atoms with Crippen molar-refractivity contribution in [2.24, 2.45) is 0 Å². The highest BCUT2D eigenvalue weighted by Gasteiger charge is 2.24. The maximum Gasteiger partial charge on any atom is 0.254 e. The molecule has 0 saturated carbocycles. The van der Waals surface area contributed by atoms with Crippen molar-refractivity contribution in [3.05, 3.63) is 17.7 Å². The van der Waals surface area contributed by atoms with Crippen LogP contribution in [-0.2, 0) is 4.79 Å². The highest BCUT2D eigenvalue weighted by atomic mass is 35.5. The minimum atomic E-state index is -0.995. The topological polar surface area (TPSA) is 91.4 Å². The second-order valence-corrected chi connectivity index (χ2v) is 5.87. The molecule has 0 atom stereocenters. The van der Waals surface area contributed by atoms with E-state index in [1.54, 1.807) is 33.5 Å². The molecule has 0 N–H and O–H groups in total. The van der Waals surface area contributed by atoms with Crippen LogP contribution in [0.1, 0.15) is 30.6 Å². The summed E-state index contributed by atoms with van der Waals surface area (Å²) in [6.07, 6.45) is 0.111. The van der Waals surface area contributed by atoms with Gasteiger partial charge in [0.25, 0.3) is 5.91 Å². The van der Waals surface area contributed by atoms with Crippen molar-refractivity contribution in [2.75, 3.05) is 54.1 Å². The van der Waals surface area contributed by atoms with Crippen LogP contribution in [0.2, 0.25) is 0 Å². The van der Waals surface area contributed by atoms with E-state index in [4.69, 9.17) is 14.2 Å². The number of carbonyl (C=O) groups excluding carboxylic acids is 2. The zero-order valence-corrected chi connectivity index (χ0v) is 18.0. The van der Waals surface area contributed by atoms with E-state index >= 15 is 0 Å². The molecule has 1 aromatic rings. The molecule has 9 heteroatoms. The molecule has 0 aromatic heterocycles. The van der Waals surface area contributed by atoms with Crippen LogP contribution < -0.4 is 19.3 Å². The van der Waals surface area contributed by atoms with E-state index < -0.39 is 5.97 Å². The maximum atomic E-state index is 12.7. The molecular formula is C19H30ClN2O6-. The van der Waals surface area contributed by atoms with Crippen molar-refractivity contribution in [1.29, 1.82) is 0 Å². The number of likely N-dealkylation sites (N-methyl/N-ethyl adjacent to an activating group) is 1. The van der Waals surface area contributed by atoms with E-state index in [9.17, 15) is 14.7 Å². The predicted octanol–water partition coefficient (Wildman–Crippen LogP) is 1.06. The number of aliphatic carboxylic acids is 1. The first-order valence-corrected chi connectivity index (χ1v) is 8.93. The van der Waals surface area contributed by atoms with Crippen LogP contribution in [-0.4, -0.2) is 75.7 Å². The van der Waals surface area contributed by atoms with Gasteiger partial charge in [0.1, 0.15) is 0 Å². The summed E-state index contributed by atoms with van der Waals surface area (Å²) >= 11 is 0. The number of carboxylic acid groups (broad SMARTS) is 1. The molecule has 2 rings (SSSR count). The Hall–Kier alpha value is -2.19. The van der Waals surface area contributed by atoms with Crippen LogP contribution >= 0.6 is 12.4 Å². The van der Waals surface area contributed by atoms with Gasteiger partial charge < -0.3 is 33.9 Å². The highest BCUT2D eigenvalue weighted by Crippen LogP contribution is 2.38. The molecule has 0 spiro atoms. The molecule has 1 aliphatic heterocycles. The Bertz CT molecular complexity index is 608. The average Bonchev–Trinajstić information content (AvgIpc) is 2.72. The third-order valence-corrected chi connectivity index (χ3v) is 4.31. The minimum Gasteiger partial charge on any atom is -0.550 e. The fourth-order valence-electron chi connectivity index (χ4n) is 2.65. The summed E-state index contributed by atoms with van der Waals surface area (Å²) in [6, 6.07) is 3.41. The Labute approximate surface area is 172 Å². The predicted molar refractivity (Wildman–Crippen MR) is 107 cm³/mol. The molecule has 1 aromatic carbocycles. The zero-order chi connectivity index (χ0) is 20.4. The molecule has 0 bridgehead atoms. The Kier molecular flexibility index (Phi) is 12.0. The van der Waals surface area contributed by atoms with Gasteiger partial charge >= 0.3 is 0 Å². The average molecular weight is 418 g/mol. The molecule has 0 unspecified atom stereocenters. The lowest BCUT2D eigenvalue weighted by Gasteiger charge is -2.34. The molecule has 28 heavy (non-hydrogen) atoms. The number of hydrogen-bond donors (Lipinski definition) is 0. The first kappa shape index (κ1) is 25.8. The number of rotatable bonds is 6. The van der Waals surface area contributed by atoms with Crippen LogP contribution in [0.5, 0.6) is 17.2 Å². The highest BCUT2D eigenvalue weighted by molar-refractivity contribution is 5.95. The number of methoxy groups -OCH3 is 3. The first-order chi connectivity index (χ1) is 12.9. The smallest absolute Gasteiger partial charge is 0.254 e. The normalized spacial score (nSPS) is 13.5. The number of benzene rings is 1. The van der Waals surface area contributed by atoms with Crippen molar-refractivity contribution in [2.45, 2.75) is 20.3 Å². The first-order valence-electron chi connectivity index (χ1n) is 8.93. The number of halogens is 1. The van der Waals surface area contributed by atoms with Crippen molar-refractivity contribution in [3.63, 3.8) is 0 Å². The second kappa shape index (κ2) is 13.1. The lowest BCUT2D eigenvalue weighted by molar-refractivity contribution is -0.305. The van der Waals surface area contributed by atoms with Gasteiger partial charge in [0.05, 0.1) is 21.3 Å². The molecule has 0 radical (unpaired) electrons. The van der Waals surface area contributed by atoms with E-state index in [0.29, 0.717) is 22.8 Å². The van der Waals surface area contributed by atoms with E-state index in [-0.39, 0.29) is 24.7 Å². The molecular weight excluding hydrogens is 388 g/mol. The van der Waals surface area contributed by atoms with Crippen LogP contribution in [0, 0.1) is 0 Å². The summed E-state index contributed by atoms with van der Waals surface area (Å²) < 4.78 is 15.9. The number of hydrogen-bond acceptors (Lipinski definition) is 7. The monoisotopic (exact) mass is 417 g/mol. The second-order valence-electron chi connectivity index (χ2n) is 5.87. The molecule has 1 saturated heterocycles. The van der Waals surface area contributed by atoms with Gasteiger partial charge in [-0.1, -0.05) is 13.8 Å². The minimum absolute atomic E-state index is 0. The zero-order valence-electron chi connectivity index (χ0n) is 17.1. The van der Waals surface area contributed by atoms with Gasteiger partial charge in [0.15, 0.2) is 11.5 Å². The largest absolute Gasteiger partial charge is 0.550 e. The number of carboxylic acids is 1. The number of nitrogens with zero attached hydrogens (tertiary/aromatic N) is 2. The van der Waals surface area contributed by atoms with Crippen molar-refractivity contribution >= 4 is 24.3 Å². The Morgan fingerprint density at radius 3 is 1.75 bits per heavy atom. The third kappa shape index (κ3) is 7.09. The third-order valence-electron chi connectivity index (χ3n) is 4.31. The molecule has 160 valence electrons. The van der Waals surface area contributed by atoms with Crippen molar-refractivity contribution < 1.29 is 28.9 Å². The summed E-state index contributed by atoms with van der Waals surface area (Å²) in [5, 5.41) is 9.26.